The molecule has 4 heterocycles. The Balaban J connectivity index is 1.22. The first-order chi connectivity index (χ1) is 21.6. The average Bonchev–Trinajstić information content (AvgIpc) is 3.72. The first-order valence-corrected chi connectivity index (χ1v) is 15.4. The number of benzene rings is 5. The van der Waals surface area contributed by atoms with E-state index in [0.717, 1.165) is 50.0 Å². The molecule has 0 radical (unpaired) electrons. The van der Waals surface area contributed by atoms with Gasteiger partial charge in [0, 0.05) is 49.8 Å². The number of thiophene rings is 1. The van der Waals surface area contributed by atoms with E-state index in [2.05, 4.69) is 57.7 Å². The van der Waals surface area contributed by atoms with Crippen molar-refractivity contribution in [3.05, 3.63) is 139 Å². The molecule has 6 heteroatoms. The zero-order chi connectivity index (χ0) is 29.4. The summed E-state index contributed by atoms with van der Waals surface area (Å²) in [6.07, 6.45) is 0.496. The van der Waals surface area contributed by atoms with Crippen LogP contribution in [0.3, 0.4) is 0 Å². The predicted octanol–water partition coefficient (Wildman–Crippen LogP) is 10.2. The van der Waals surface area contributed by atoms with Crippen molar-refractivity contribution >= 4 is 64.3 Å². The van der Waals surface area contributed by atoms with E-state index in [1.807, 2.05) is 79.8 Å². The van der Waals surface area contributed by atoms with Crippen molar-refractivity contribution in [1.82, 2.24) is 19.1 Å². The van der Waals surface area contributed by atoms with Crippen molar-refractivity contribution in [2.45, 2.75) is 6.17 Å². The first-order valence-electron chi connectivity index (χ1n) is 14.6. The molecule has 0 fully saturated rings. The SMILES string of the molecule is Cn1c(-c2cccc(C(F)c3ccc4c5cc6c(cc5n(-c5ccccn5)c4c3)sc3ccccc36)c2)nc2ccccc21. The molecule has 0 aliphatic heterocycles. The van der Waals surface area contributed by atoms with E-state index in [-0.39, 0.29) is 0 Å². The van der Waals surface area contributed by atoms with Gasteiger partial charge in [-0.2, -0.15) is 0 Å². The van der Waals surface area contributed by atoms with Crippen LogP contribution in [-0.2, 0) is 7.05 Å². The number of para-hydroxylation sites is 2. The zero-order valence-electron chi connectivity index (χ0n) is 23.8. The van der Waals surface area contributed by atoms with Crippen LogP contribution in [0.1, 0.15) is 17.3 Å². The summed E-state index contributed by atoms with van der Waals surface area (Å²) in [5.41, 5.74) is 6.06. The number of alkyl halides is 1. The van der Waals surface area contributed by atoms with Crippen LogP contribution in [0, 0.1) is 0 Å². The van der Waals surface area contributed by atoms with Crippen LogP contribution in [-0.4, -0.2) is 19.1 Å². The molecule has 4 aromatic heterocycles. The lowest BCUT2D eigenvalue weighted by atomic mass is 9.99. The van der Waals surface area contributed by atoms with Gasteiger partial charge in [-0.3, -0.25) is 4.57 Å². The largest absolute Gasteiger partial charge is 0.327 e. The molecular formula is C38H25FN4S. The van der Waals surface area contributed by atoms with Gasteiger partial charge in [-0.15, -0.1) is 11.3 Å². The number of halogens is 1. The summed E-state index contributed by atoms with van der Waals surface area (Å²) in [7, 11) is 2.00. The number of rotatable bonds is 4. The van der Waals surface area contributed by atoms with Gasteiger partial charge in [0.1, 0.15) is 11.6 Å². The Bertz CT molecular complexity index is 2540. The van der Waals surface area contributed by atoms with E-state index in [4.69, 9.17) is 9.97 Å². The molecule has 9 rings (SSSR count). The number of pyridine rings is 1. The fraction of sp³-hybridized carbons (Fsp3) is 0.0526. The summed E-state index contributed by atoms with van der Waals surface area (Å²) >= 11 is 1.80. The molecule has 0 N–H and O–H groups in total. The molecule has 210 valence electrons. The highest BCUT2D eigenvalue weighted by molar-refractivity contribution is 7.25. The van der Waals surface area contributed by atoms with Crippen LogP contribution >= 0.6 is 11.3 Å². The highest BCUT2D eigenvalue weighted by Gasteiger charge is 2.20. The lowest BCUT2D eigenvalue weighted by molar-refractivity contribution is 0.402. The van der Waals surface area contributed by atoms with Gasteiger partial charge in [0.05, 0.1) is 22.1 Å². The van der Waals surface area contributed by atoms with Crippen molar-refractivity contribution in [3.8, 4) is 17.2 Å². The second-order valence-electron chi connectivity index (χ2n) is 11.2. The molecule has 5 aromatic carbocycles. The second-order valence-corrected chi connectivity index (χ2v) is 12.3. The Morgan fingerprint density at radius 1 is 0.636 bits per heavy atom. The number of hydrogen-bond acceptors (Lipinski definition) is 3. The Morgan fingerprint density at radius 3 is 2.34 bits per heavy atom. The molecule has 1 unspecified atom stereocenters. The lowest BCUT2D eigenvalue weighted by Gasteiger charge is -2.12. The number of aryl methyl sites for hydroxylation is 1. The maximum Gasteiger partial charge on any atom is 0.150 e. The van der Waals surface area contributed by atoms with Gasteiger partial charge in [0.25, 0.3) is 0 Å². The third kappa shape index (κ3) is 3.74. The molecule has 1 atom stereocenters. The number of fused-ring (bicyclic) bond motifs is 7. The third-order valence-electron chi connectivity index (χ3n) is 8.68. The summed E-state index contributed by atoms with van der Waals surface area (Å²) in [6.45, 7) is 0. The van der Waals surface area contributed by atoms with E-state index in [1.54, 1.807) is 17.5 Å². The van der Waals surface area contributed by atoms with Gasteiger partial charge in [0.15, 0.2) is 6.17 Å². The van der Waals surface area contributed by atoms with Crippen molar-refractivity contribution in [2.24, 2.45) is 7.05 Å². The van der Waals surface area contributed by atoms with Gasteiger partial charge in [-0.1, -0.05) is 66.7 Å². The molecule has 44 heavy (non-hydrogen) atoms. The molecule has 9 aromatic rings. The van der Waals surface area contributed by atoms with Gasteiger partial charge >= 0.3 is 0 Å². The topological polar surface area (TPSA) is 35.6 Å². The average molecular weight is 589 g/mol. The molecule has 0 spiro atoms. The fourth-order valence-electron chi connectivity index (χ4n) is 6.57. The second kappa shape index (κ2) is 9.59. The van der Waals surface area contributed by atoms with Gasteiger partial charge in [-0.25, -0.2) is 14.4 Å². The highest BCUT2D eigenvalue weighted by atomic mass is 32.1. The maximum absolute atomic E-state index is 16.5. The van der Waals surface area contributed by atoms with E-state index in [0.29, 0.717) is 11.1 Å². The normalized spacial score (nSPS) is 12.7. The van der Waals surface area contributed by atoms with E-state index < -0.39 is 6.17 Å². The zero-order valence-corrected chi connectivity index (χ0v) is 24.6. The van der Waals surface area contributed by atoms with E-state index >= 15 is 4.39 Å². The Hall–Kier alpha value is -5.33. The highest BCUT2D eigenvalue weighted by Crippen LogP contribution is 2.41. The number of hydrogen-bond donors (Lipinski definition) is 0. The minimum atomic E-state index is -1.31. The van der Waals surface area contributed by atoms with Gasteiger partial charge < -0.3 is 4.57 Å². The monoisotopic (exact) mass is 588 g/mol. The minimum absolute atomic E-state index is 0.599. The van der Waals surface area contributed by atoms with Crippen LogP contribution in [0.5, 0.6) is 0 Å². The van der Waals surface area contributed by atoms with Crippen molar-refractivity contribution in [1.29, 1.82) is 0 Å². The molecular weight excluding hydrogens is 564 g/mol. The standard InChI is InChI=1S/C38H25FN4S/c1-42-31-13-4-3-12-30(31)41-38(42)25-10-8-9-23(19-25)37(39)24-16-17-26-28-21-29-27-11-2-5-14-34(27)44-35(29)22-33(28)43(32(26)20-24)36-15-6-7-18-40-36/h2-22,37H,1H3. The van der Waals surface area contributed by atoms with Crippen LogP contribution < -0.4 is 0 Å². The predicted molar refractivity (Wildman–Crippen MR) is 181 cm³/mol. The third-order valence-corrected chi connectivity index (χ3v) is 9.82. The van der Waals surface area contributed by atoms with Crippen molar-refractivity contribution in [2.75, 3.05) is 0 Å². The molecule has 0 saturated heterocycles. The molecule has 0 aliphatic carbocycles. The number of nitrogens with zero attached hydrogens (tertiary/aromatic N) is 4. The first kappa shape index (κ1) is 25.2. The Labute approximate surface area is 256 Å². The summed E-state index contributed by atoms with van der Waals surface area (Å²) in [5, 5.41) is 4.71. The number of imidazole rings is 1. The lowest BCUT2D eigenvalue weighted by Crippen LogP contribution is -1.99. The maximum atomic E-state index is 16.5. The van der Waals surface area contributed by atoms with E-state index in [9.17, 15) is 0 Å². The van der Waals surface area contributed by atoms with Gasteiger partial charge in [-0.05, 0) is 65.7 Å². The Kier molecular flexibility index (Phi) is 5.49. The summed E-state index contributed by atoms with van der Waals surface area (Å²) in [4.78, 5) is 9.55. The van der Waals surface area contributed by atoms with Crippen LogP contribution in [0.15, 0.2) is 128 Å². The molecule has 0 amide bonds. The molecule has 0 saturated carbocycles. The van der Waals surface area contributed by atoms with Crippen LogP contribution in [0.25, 0.3) is 70.2 Å². The van der Waals surface area contributed by atoms with Crippen molar-refractivity contribution in [3.63, 3.8) is 0 Å². The molecule has 4 nitrogen and oxygen atoms in total. The van der Waals surface area contributed by atoms with Gasteiger partial charge in [0.2, 0.25) is 0 Å². The van der Waals surface area contributed by atoms with Crippen molar-refractivity contribution < 1.29 is 4.39 Å². The van der Waals surface area contributed by atoms with E-state index in [1.165, 1.54) is 20.2 Å². The quantitative estimate of drug-likeness (QED) is 0.205. The summed E-state index contributed by atoms with van der Waals surface area (Å²) in [6, 6.07) is 40.7. The Morgan fingerprint density at radius 2 is 1.45 bits per heavy atom. The summed E-state index contributed by atoms with van der Waals surface area (Å²) < 4.78 is 23.2. The number of aromatic nitrogens is 4. The minimum Gasteiger partial charge on any atom is -0.327 e. The molecule has 0 bridgehead atoms. The van der Waals surface area contributed by atoms with Crippen LogP contribution in [0.4, 0.5) is 4.39 Å². The molecule has 0 aliphatic rings. The smallest absolute Gasteiger partial charge is 0.150 e. The summed E-state index contributed by atoms with van der Waals surface area (Å²) in [5.74, 6) is 1.63. The fourth-order valence-corrected chi connectivity index (χ4v) is 7.70. The van der Waals surface area contributed by atoms with Crippen LogP contribution in [0.2, 0.25) is 0 Å².